The van der Waals surface area contributed by atoms with Crippen molar-refractivity contribution in [3.63, 3.8) is 0 Å². The van der Waals surface area contributed by atoms with E-state index < -0.39 is 0 Å². The van der Waals surface area contributed by atoms with Gasteiger partial charge in [-0.25, -0.2) is 0 Å². The van der Waals surface area contributed by atoms with E-state index in [1.54, 1.807) is 0 Å². The lowest BCUT2D eigenvalue weighted by molar-refractivity contribution is -0.890. The minimum Gasteiger partial charge on any atom is -0.357 e. The molecule has 0 aliphatic carbocycles. The van der Waals surface area contributed by atoms with Crippen LogP contribution in [0, 0.1) is 0 Å². The van der Waals surface area contributed by atoms with Gasteiger partial charge >= 0.3 is 0 Å². The summed E-state index contributed by atoms with van der Waals surface area (Å²) in [6.07, 6.45) is 31.7. The van der Waals surface area contributed by atoms with Crippen LogP contribution in [0.5, 0.6) is 0 Å². The normalized spacial score (nSPS) is 12.5. The maximum absolute atomic E-state index is 5.70. The van der Waals surface area contributed by atoms with Crippen molar-refractivity contribution in [2.24, 2.45) is 0 Å². The molecule has 0 rings (SSSR count). The van der Waals surface area contributed by atoms with Crippen molar-refractivity contribution in [2.45, 2.75) is 174 Å². The van der Waals surface area contributed by atoms with Crippen LogP contribution in [0.25, 0.3) is 0 Å². The molecule has 0 bridgehead atoms. The lowest BCUT2D eigenvalue weighted by Crippen LogP contribution is -2.41. The Balaban J connectivity index is 3.37. The van der Waals surface area contributed by atoms with Gasteiger partial charge in [0.25, 0.3) is 0 Å². The SMILES string of the molecule is CCCCCCCCCCCCCCCCCC[N+](C)(C)CCCCCCCC[SiH2]C(OCC)OCC. The molecule has 0 saturated heterocycles. The van der Waals surface area contributed by atoms with Gasteiger partial charge in [0.05, 0.1) is 36.7 Å². The summed E-state index contributed by atoms with van der Waals surface area (Å²) >= 11 is 0. The fraction of sp³-hybridized carbons (Fsp3) is 1.00. The molecule has 0 aromatic heterocycles. The Kier molecular flexibility index (Phi) is 29.2. The molecule has 0 aromatic rings. The maximum atomic E-state index is 5.70. The lowest BCUT2D eigenvalue weighted by atomic mass is 10.0. The first-order valence-corrected chi connectivity index (χ1v) is 18.9. The van der Waals surface area contributed by atoms with Gasteiger partial charge in [-0.1, -0.05) is 129 Å². The molecule has 0 fully saturated rings. The van der Waals surface area contributed by atoms with Crippen molar-refractivity contribution in [2.75, 3.05) is 40.4 Å². The number of hydrogen-bond acceptors (Lipinski definition) is 2. The first kappa shape index (κ1) is 37.1. The quantitative estimate of drug-likeness (QED) is 0.0376. The Morgan fingerprint density at radius 3 is 1.14 bits per heavy atom. The third-order valence-electron chi connectivity index (χ3n) is 8.03. The molecule has 0 saturated carbocycles. The van der Waals surface area contributed by atoms with Gasteiger partial charge < -0.3 is 14.0 Å². The largest absolute Gasteiger partial charge is 0.357 e. The average molecular weight is 543 g/mol. The molecule has 4 heteroatoms. The van der Waals surface area contributed by atoms with Crippen LogP contribution in [-0.2, 0) is 9.47 Å². The lowest BCUT2D eigenvalue weighted by Gasteiger charge is -2.30. The summed E-state index contributed by atoms with van der Waals surface area (Å²) in [6, 6.07) is 1.37. The fourth-order valence-corrected chi connectivity index (χ4v) is 7.30. The number of rotatable bonds is 31. The standard InChI is InChI=1S/C33H72NO2Si/c1-6-9-10-11-12-13-14-15-16-17-18-19-20-21-24-27-30-34(4,5)31-28-25-22-23-26-29-32-37-33(35-7-2)36-8-3/h33H,6-32,37H2,1-5H3/q+1. The highest BCUT2D eigenvalue weighted by atomic mass is 28.2. The summed E-state index contributed by atoms with van der Waals surface area (Å²) in [5, 5.41) is 0. The van der Waals surface area contributed by atoms with Crippen LogP contribution in [-0.4, -0.2) is 60.3 Å². The fourth-order valence-electron chi connectivity index (χ4n) is 5.52. The molecule has 37 heavy (non-hydrogen) atoms. The number of quaternary nitrogens is 1. The van der Waals surface area contributed by atoms with Gasteiger partial charge in [-0.15, -0.1) is 0 Å². The van der Waals surface area contributed by atoms with Crippen LogP contribution in [0.1, 0.15) is 162 Å². The van der Waals surface area contributed by atoms with E-state index >= 15 is 0 Å². The summed E-state index contributed by atoms with van der Waals surface area (Å²) in [7, 11) is 4.66. The Morgan fingerprint density at radius 1 is 0.459 bits per heavy atom. The average Bonchev–Trinajstić information content (AvgIpc) is 2.87. The summed E-state index contributed by atoms with van der Waals surface area (Å²) in [5.74, 6) is 0.157. The van der Waals surface area contributed by atoms with Crippen LogP contribution < -0.4 is 0 Å². The Hall–Kier alpha value is 0.0969. The van der Waals surface area contributed by atoms with Crippen molar-refractivity contribution in [1.82, 2.24) is 0 Å². The van der Waals surface area contributed by atoms with Gasteiger partial charge in [0.15, 0.2) is 0 Å². The van der Waals surface area contributed by atoms with E-state index in [0.717, 1.165) is 13.2 Å². The van der Waals surface area contributed by atoms with E-state index in [-0.39, 0.29) is 15.4 Å². The maximum Gasteiger partial charge on any atom is 0.134 e. The Morgan fingerprint density at radius 2 is 0.784 bits per heavy atom. The summed E-state index contributed by atoms with van der Waals surface area (Å²) in [6.45, 7) is 10.7. The van der Waals surface area contributed by atoms with Crippen LogP contribution in [0.15, 0.2) is 0 Å². The zero-order valence-electron chi connectivity index (χ0n) is 26.6. The van der Waals surface area contributed by atoms with E-state index in [1.165, 1.54) is 165 Å². The summed E-state index contributed by atoms with van der Waals surface area (Å²) < 4.78 is 12.6. The molecule has 0 radical (unpaired) electrons. The molecular weight excluding hydrogens is 470 g/mol. The highest BCUT2D eigenvalue weighted by Gasteiger charge is 2.13. The Bertz CT molecular complexity index is 427. The number of hydrogen-bond donors (Lipinski definition) is 0. The number of nitrogens with zero attached hydrogens (tertiary/aromatic N) is 1. The van der Waals surface area contributed by atoms with Crippen molar-refractivity contribution >= 4 is 9.52 Å². The van der Waals surface area contributed by atoms with Crippen molar-refractivity contribution in [3.05, 3.63) is 0 Å². The molecule has 0 N–H and O–H groups in total. The molecule has 0 aliphatic rings. The minimum atomic E-state index is -0.231. The predicted octanol–water partition coefficient (Wildman–Crippen LogP) is 9.61. The zero-order valence-corrected chi connectivity index (χ0v) is 28.1. The van der Waals surface area contributed by atoms with E-state index in [2.05, 4.69) is 34.9 Å². The summed E-state index contributed by atoms with van der Waals surface area (Å²) in [5.41, 5.74) is 0. The second-order valence-corrected chi connectivity index (χ2v) is 14.2. The zero-order chi connectivity index (χ0) is 27.3. The van der Waals surface area contributed by atoms with Crippen LogP contribution in [0.4, 0.5) is 0 Å². The van der Waals surface area contributed by atoms with Crippen LogP contribution in [0.2, 0.25) is 6.04 Å². The molecule has 224 valence electrons. The number of ether oxygens (including phenoxy) is 2. The van der Waals surface area contributed by atoms with E-state index in [4.69, 9.17) is 9.47 Å². The van der Waals surface area contributed by atoms with Gasteiger partial charge in [-0.3, -0.25) is 0 Å². The molecular formula is C33H72NO2Si+. The highest BCUT2D eigenvalue weighted by molar-refractivity contribution is 6.36. The van der Waals surface area contributed by atoms with E-state index in [0.29, 0.717) is 0 Å². The van der Waals surface area contributed by atoms with Gasteiger partial charge in [0.2, 0.25) is 0 Å². The molecule has 0 spiro atoms. The first-order valence-electron chi connectivity index (χ1n) is 17.1. The smallest absolute Gasteiger partial charge is 0.134 e. The highest BCUT2D eigenvalue weighted by Crippen LogP contribution is 2.15. The second kappa shape index (κ2) is 29.1. The molecule has 0 aromatic carbocycles. The monoisotopic (exact) mass is 543 g/mol. The molecule has 3 nitrogen and oxygen atoms in total. The molecule has 0 unspecified atom stereocenters. The number of unbranched alkanes of at least 4 members (excludes halogenated alkanes) is 20. The van der Waals surface area contributed by atoms with Gasteiger partial charge in [-0.2, -0.15) is 0 Å². The predicted molar refractivity (Wildman–Crippen MR) is 169 cm³/mol. The van der Waals surface area contributed by atoms with Crippen LogP contribution in [0.3, 0.4) is 0 Å². The summed E-state index contributed by atoms with van der Waals surface area (Å²) in [4.78, 5) is 0. The van der Waals surface area contributed by atoms with Crippen LogP contribution >= 0.6 is 0 Å². The first-order chi connectivity index (χ1) is 18.1. The minimum absolute atomic E-state index is 0.157. The van der Waals surface area contributed by atoms with Crippen molar-refractivity contribution < 1.29 is 14.0 Å². The molecule has 0 heterocycles. The van der Waals surface area contributed by atoms with E-state index in [9.17, 15) is 0 Å². The second-order valence-electron chi connectivity index (χ2n) is 12.3. The molecule has 0 amide bonds. The van der Waals surface area contributed by atoms with Crippen molar-refractivity contribution in [3.8, 4) is 0 Å². The molecule has 0 aliphatic heterocycles. The third kappa shape index (κ3) is 28.9. The topological polar surface area (TPSA) is 18.5 Å². The van der Waals surface area contributed by atoms with Gasteiger partial charge in [-0.05, 0) is 39.5 Å². The Labute approximate surface area is 237 Å². The molecule has 0 atom stereocenters. The van der Waals surface area contributed by atoms with Crippen molar-refractivity contribution in [1.29, 1.82) is 0 Å². The van der Waals surface area contributed by atoms with Gasteiger partial charge in [0.1, 0.15) is 5.91 Å². The third-order valence-corrected chi connectivity index (χ3v) is 9.88. The van der Waals surface area contributed by atoms with Gasteiger partial charge in [0, 0.05) is 13.2 Å². The van der Waals surface area contributed by atoms with E-state index in [1.807, 2.05) is 0 Å².